The molecule has 0 spiro atoms. The van der Waals surface area contributed by atoms with Crippen molar-refractivity contribution in [2.45, 2.75) is 193 Å². The summed E-state index contributed by atoms with van der Waals surface area (Å²) < 4.78 is 23.6. The van der Waals surface area contributed by atoms with Crippen LogP contribution in [0.3, 0.4) is 0 Å². The molecule has 0 aromatic carbocycles. The van der Waals surface area contributed by atoms with Crippen molar-refractivity contribution in [3.8, 4) is 0 Å². The Morgan fingerprint density at radius 1 is 0.625 bits per heavy atom. The van der Waals surface area contributed by atoms with Crippen LogP contribution < -0.4 is 5.32 Å². The van der Waals surface area contributed by atoms with E-state index in [1.54, 1.807) is 0 Å². The van der Waals surface area contributed by atoms with E-state index in [-0.39, 0.29) is 19.1 Å². The van der Waals surface area contributed by atoms with Crippen molar-refractivity contribution in [1.29, 1.82) is 0 Å². The van der Waals surface area contributed by atoms with Crippen molar-refractivity contribution in [2.24, 2.45) is 0 Å². The number of carbonyl (C=O) groups is 1. The first-order valence-corrected chi connectivity index (χ1v) is 24.1. The van der Waals surface area contributed by atoms with Crippen molar-refractivity contribution in [3.63, 3.8) is 0 Å². The van der Waals surface area contributed by atoms with Gasteiger partial charge in [0.05, 0.1) is 39.9 Å². The van der Waals surface area contributed by atoms with Gasteiger partial charge in [-0.1, -0.05) is 177 Å². The molecule has 0 saturated heterocycles. The van der Waals surface area contributed by atoms with E-state index in [1.807, 2.05) is 21.1 Å². The molecular formula is C47H88N2O6P+. The molecule has 0 aliphatic rings. The summed E-state index contributed by atoms with van der Waals surface area (Å²) in [4.78, 5) is 23.2. The Bertz CT molecular complexity index is 1100. The quantitative estimate of drug-likeness (QED) is 0.0246. The van der Waals surface area contributed by atoms with E-state index in [1.165, 1.54) is 77.0 Å². The van der Waals surface area contributed by atoms with Crippen LogP contribution in [0, 0.1) is 0 Å². The lowest BCUT2D eigenvalue weighted by molar-refractivity contribution is -0.870. The van der Waals surface area contributed by atoms with Gasteiger partial charge in [0.1, 0.15) is 13.2 Å². The molecule has 9 heteroatoms. The van der Waals surface area contributed by atoms with Gasteiger partial charge in [-0.15, -0.1) is 0 Å². The second kappa shape index (κ2) is 38.7. The lowest BCUT2D eigenvalue weighted by atomic mass is 10.0. The number of rotatable bonds is 40. The molecule has 326 valence electrons. The van der Waals surface area contributed by atoms with Crippen molar-refractivity contribution in [3.05, 3.63) is 60.8 Å². The van der Waals surface area contributed by atoms with Gasteiger partial charge >= 0.3 is 7.82 Å². The number of phosphoric ester groups is 1. The van der Waals surface area contributed by atoms with E-state index in [0.717, 1.165) is 77.0 Å². The number of likely N-dealkylation sites (N-methyl/N-ethyl adjacent to an activating group) is 1. The van der Waals surface area contributed by atoms with Crippen LogP contribution in [0.25, 0.3) is 0 Å². The summed E-state index contributed by atoms with van der Waals surface area (Å²) >= 11 is 0. The lowest BCUT2D eigenvalue weighted by Crippen LogP contribution is -2.46. The van der Waals surface area contributed by atoms with E-state index < -0.39 is 20.0 Å². The van der Waals surface area contributed by atoms with Gasteiger partial charge in [-0.3, -0.25) is 13.8 Å². The third-order valence-electron chi connectivity index (χ3n) is 9.78. The molecule has 0 heterocycles. The zero-order valence-electron chi connectivity index (χ0n) is 36.9. The molecule has 0 saturated carbocycles. The molecule has 0 aliphatic heterocycles. The first kappa shape index (κ1) is 54.2. The van der Waals surface area contributed by atoms with Gasteiger partial charge in [0.15, 0.2) is 0 Å². The van der Waals surface area contributed by atoms with Crippen molar-refractivity contribution >= 4 is 13.7 Å². The van der Waals surface area contributed by atoms with E-state index in [0.29, 0.717) is 23.9 Å². The minimum atomic E-state index is -4.33. The number of allylic oxidation sites excluding steroid dienone is 10. The first-order chi connectivity index (χ1) is 27.0. The molecular weight excluding hydrogens is 719 g/mol. The highest BCUT2D eigenvalue weighted by Crippen LogP contribution is 2.43. The number of quaternary nitrogens is 1. The summed E-state index contributed by atoms with van der Waals surface area (Å²) in [6, 6.07) is -0.780. The van der Waals surface area contributed by atoms with E-state index >= 15 is 0 Å². The van der Waals surface area contributed by atoms with Crippen LogP contribution in [0.1, 0.15) is 181 Å². The zero-order chi connectivity index (χ0) is 41.4. The number of hydrogen-bond acceptors (Lipinski definition) is 5. The molecule has 3 unspecified atom stereocenters. The smallest absolute Gasteiger partial charge is 0.391 e. The van der Waals surface area contributed by atoms with Crippen LogP contribution >= 0.6 is 7.82 Å². The highest BCUT2D eigenvalue weighted by Gasteiger charge is 2.28. The Morgan fingerprint density at radius 2 is 1.07 bits per heavy atom. The summed E-state index contributed by atoms with van der Waals surface area (Å²) in [7, 11) is 1.58. The Balaban J connectivity index is 4.44. The van der Waals surface area contributed by atoms with Gasteiger partial charge in [-0.05, 0) is 57.8 Å². The number of hydrogen-bond donors (Lipinski definition) is 3. The number of carbonyl (C=O) groups excluding carboxylic acids is 1. The van der Waals surface area contributed by atoms with Crippen LogP contribution in [0.4, 0.5) is 0 Å². The van der Waals surface area contributed by atoms with Gasteiger partial charge in [0.2, 0.25) is 5.91 Å². The highest BCUT2D eigenvalue weighted by atomic mass is 31.2. The predicted molar refractivity (Wildman–Crippen MR) is 240 cm³/mol. The maximum Gasteiger partial charge on any atom is 0.472 e. The number of aliphatic hydroxyl groups is 1. The normalized spacial score (nSPS) is 14.9. The minimum absolute atomic E-state index is 0.0651. The molecule has 3 atom stereocenters. The van der Waals surface area contributed by atoms with Crippen LogP contribution in [0.2, 0.25) is 0 Å². The topological polar surface area (TPSA) is 105 Å². The molecule has 1 amide bonds. The number of aliphatic hydroxyl groups excluding tert-OH is 1. The SMILES string of the molecule is CC/C=C\C/C=C\C/C=C\C/C=C\C/C=C\CCCCCC(=O)NC(COP(=O)(O)OCC[N+](C)(C)C)C(O)CCCCCCCCCCCCCCCCC. The second-order valence-electron chi connectivity index (χ2n) is 16.4. The summed E-state index contributed by atoms with van der Waals surface area (Å²) in [5.74, 6) is -0.178. The maximum absolute atomic E-state index is 12.9. The van der Waals surface area contributed by atoms with Crippen LogP contribution in [-0.4, -0.2) is 73.4 Å². The van der Waals surface area contributed by atoms with Crippen LogP contribution in [-0.2, 0) is 18.4 Å². The number of amides is 1. The molecule has 56 heavy (non-hydrogen) atoms. The standard InChI is InChI=1S/C47H87N2O6P/c1-6-8-10-12-14-16-18-20-22-23-24-25-27-29-31-33-35-37-39-41-47(51)48-45(44-55-56(52,53)54-43-42-49(3,4)5)46(50)40-38-36-34-32-30-28-26-21-19-17-15-13-11-9-7-2/h8,10,14,16,20,22,24-25,29,31,45-46,50H,6-7,9,11-13,15,17-19,21,23,26-28,30,32-44H2,1-5H3,(H-,48,51,52,53)/p+1/b10-8-,16-14-,22-20-,25-24-,31-29-. The van der Waals surface area contributed by atoms with Crippen molar-refractivity contribution in [2.75, 3.05) is 40.9 Å². The van der Waals surface area contributed by atoms with Gasteiger partial charge in [0, 0.05) is 6.42 Å². The van der Waals surface area contributed by atoms with E-state index in [2.05, 4.69) is 79.9 Å². The van der Waals surface area contributed by atoms with Gasteiger partial charge in [0.25, 0.3) is 0 Å². The molecule has 0 bridgehead atoms. The summed E-state index contributed by atoms with van der Waals surface area (Å²) in [6.45, 7) is 4.73. The Kier molecular flexibility index (Phi) is 37.5. The number of unbranched alkanes of at least 4 members (excludes halogenated alkanes) is 17. The zero-order valence-corrected chi connectivity index (χ0v) is 37.8. The molecule has 0 rings (SSSR count). The third-order valence-corrected chi connectivity index (χ3v) is 10.8. The Hall–Kier alpha value is -1.80. The van der Waals surface area contributed by atoms with E-state index in [4.69, 9.17) is 9.05 Å². The third kappa shape index (κ3) is 40.4. The summed E-state index contributed by atoms with van der Waals surface area (Å²) in [5, 5.41) is 13.9. The Labute approximate surface area is 345 Å². The van der Waals surface area contributed by atoms with Crippen molar-refractivity contribution in [1.82, 2.24) is 5.32 Å². The van der Waals surface area contributed by atoms with Crippen LogP contribution in [0.5, 0.6) is 0 Å². The fraction of sp³-hybridized carbons (Fsp3) is 0.766. The largest absolute Gasteiger partial charge is 0.472 e. The molecule has 0 radical (unpaired) electrons. The van der Waals surface area contributed by atoms with E-state index in [9.17, 15) is 19.4 Å². The summed E-state index contributed by atoms with van der Waals surface area (Å²) in [6.07, 6.45) is 49.6. The Morgan fingerprint density at radius 3 is 1.55 bits per heavy atom. The molecule has 0 aromatic rings. The van der Waals surface area contributed by atoms with Crippen LogP contribution in [0.15, 0.2) is 60.8 Å². The van der Waals surface area contributed by atoms with Crippen molar-refractivity contribution < 1.29 is 32.9 Å². The molecule has 3 N–H and O–H groups in total. The fourth-order valence-electron chi connectivity index (χ4n) is 6.19. The molecule has 8 nitrogen and oxygen atoms in total. The van der Waals surface area contributed by atoms with Gasteiger partial charge < -0.3 is 19.8 Å². The molecule has 0 fully saturated rings. The predicted octanol–water partition coefficient (Wildman–Crippen LogP) is 12.6. The lowest BCUT2D eigenvalue weighted by Gasteiger charge is -2.26. The number of nitrogens with one attached hydrogen (secondary N) is 1. The monoisotopic (exact) mass is 808 g/mol. The average Bonchev–Trinajstić information content (AvgIpc) is 3.15. The summed E-state index contributed by atoms with van der Waals surface area (Å²) in [5.41, 5.74) is 0. The van der Waals surface area contributed by atoms with Gasteiger partial charge in [-0.25, -0.2) is 4.57 Å². The maximum atomic E-state index is 12.9. The molecule has 0 aromatic heterocycles. The first-order valence-electron chi connectivity index (χ1n) is 22.7. The minimum Gasteiger partial charge on any atom is -0.391 e. The highest BCUT2D eigenvalue weighted by molar-refractivity contribution is 7.47. The number of nitrogens with zero attached hydrogens (tertiary/aromatic N) is 1. The van der Waals surface area contributed by atoms with Gasteiger partial charge in [-0.2, -0.15) is 0 Å². The fourth-order valence-corrected chi connectivity index (χ4v) is 6.92. The average molecular weight is 808 g/mol. The second-order valence-corrected chi connectivity index (χ2v) is 17.9. The number of phosphoric acid groups is 1. The molecule has 0 aliphatic carbocycles.